The monoisotopic (exact) mass is 448 g/mol. The fourth-order valence-electron chi connectivity index (χ4n) is 2.01. The molecule has 0 amide bonds. The maximum absolute atomic E-state index is 14.0. The fraction of sp³-hybridized carbons (Fsp3) is 0.600. The van der Waals surface area contributed by atoms with Gasteiger partial charge in [0.25, 0.3) is 11.1 Å². The maximum atomic E-state index is 14.0. The average molecular weight is 448 g/mol. The van der Waals surface area contributed by atoms with Gasteiger partial charge >= 0.3 is 36.0 Å². The predicted octanol–water partition coefficient (Wildman–Crippen LogP) is 3.64. The van der Waals surface area contributed by atoms with Crippen LogP contribution in [0.25, 0.3) is 0 Å². The molecule has 0 aliphatic heterocycles. The minimum atomic E-state index is -7.43. The average Bonchev–Trinajstić information content (AvgIpc) is 2.43. The van der Waals surface area contributed by atoms with Gasteiger partial charge in [0.15, 0.2) is 0 Å². The first-order valence-corrected chi connectivity index (χ1v) is 6.05. The zero-order valence-corrected chi connectivity index (χ0v) is 12.1. The molecule has 0 saturated heterocycles. The molecule has 0 aromatic carbocycles. The first kappa shape index (κ1) is 23.7. The Balaban J connectivity index is 4.40. The van der Waals surface area contributed by atoms with Crippen molar-refractivity contribution in [2.45, 2.75) is 36.0 Å². The largest absolute Gasteiger partial charge is 0.436 e. The fourth-order valence-corrected chi connectivity index (χ4v) is 2.01. The molecule has 0 atom stereocenters. The number of aromatic amines is 2. The van der Waals surface area contributed by atoms with Crippen LogP contribution < -0.4 is 11.1 Å². The summed E-state index contributed by atoms with van der Waals surface area (Å²) in [5, 5.41) is 0.998. The van der Waals surface area contributed by atoms with Crippen molar-refractivity contribution in [3.8, 4) is 0 Å². The van der Waals surface area contributed by atoms with Crippen molar-refractivity contribution >= 4 is 0 Å². The van der Waals surface area contributed by atoms with Gasteiger partial charge in [-0.25, -0.2) is 8.78 Å². The summed E-state index contributed by atoms with van der Waals surface area (Å²) in [6.45, 7) is 0. The third-order valence-corrected chi connectivity index (χ3v) is 3.25. The number of alkyl halides is 14. The lowest BCUT2D eigenvalue weighted by Crippen LogP contribution is -2.60. The molecule has 0 bridgehead atoms. The Labute approximate surface area is 141 Å². The molecule has 28 heavy (non-hydrogen) atoms. The number of nitrogens with one attached hydrogen (secondary N) is 2. The third-order valence-electron chi connectivity index (χ3n) is 3.25. The van der Waals surface area contributed by atoms with Gasteiger partial charge in [0.05, 0.1) is 11.1 Å². The summed E-state index contributed by atoms with van der Waals surface area (Å²) in [5.74, 6) is 0. The number of aromatic nitrogens is 2. The molecular weight excluding hydrogens is 446 g/mol. The molecule has 0 aliphatic carbocycles. The van der Waals surface area contributed by atoms with E-state index in [0.717, 1.165) is 0 Å². The van der Waals surface area contributed by atoms with Crippen molar-refractivity contribution in [1.29, 1.82) is 0 Å². The van der Waals surface area contributed by atoms with Gasteiger partial charge in [0.1, 0.15) is 0 Å². The van der Waals surface area contributed by atoms with E-state index in [0.29, 0.717) is 10.2 Å². The van der Waals surface area contributed by atoms with Gasteiger partial charge < -0.3 is 0 Å². The molecule has 0 spiro atoms. The van der Waals surface area contributed by atoms with Crippen LogP contribution in [0.2, 0.25) is 0 Å². The van der Waals surface area contributed by atoms with Crippen molar-refractivity contribution in [1.82, 2.24) is 10.2 Å². The number of rotatable bonds is 2. The standard InChI is InChI=1S/C10H2F14N2O2/c11-5(7(13,14)15,8(16,17)18)1-2(4(28)26-25-3(1)27)6(12,9(19,20)21)10(22,23)24/h(H,25,27)(H,26,28). The summed E-state index contributed by atoms with van der Waals surface area (Å²) in [6.07, 6.45) is -29.7. The van der Waals surface area contributed by atoms with Gasteiger partial charge in [-0.2, -0.15) is 52.7 Å². The van der Waals surface area contributed by atoms with E-state index in [1.54, 1.807) is 0 Å². The Morgan fingerprint density at radius 1 is 0.429 bits per heavy atom. The van der Waals surface area contributed by atoms with Crippen molar-refractivity contribution in [3.05, 3.63) is 31.8 Å². The van der Waals surface area contributed by atoms with E-state index in [-0.39, 0.29) is 0 Å². The second kappa shape index (κ2) is 6.10. The zero-order valence-electron chi connectivity index (χ0n) is 12.1. The molecule has 1 aromatic rings. The highest BCUT2D eigenvalue weighted by Gasteiger charge is 2.81. The Morgan fingerprint density at radius 2 is 0.607 bits per heavy atom. The lowest BCUT2D eigenvalue weighted by atomic mass is 9.83. The molecule has 4 nitrogen and oxygen atoms in total. The quantitative estimate of drug-likeness (QED) is 0.679. The van der Waals surface area contributed by atoms with Crippen molar-refractivity contribution in [3.63, 3.8) is 0 Å². The molecule has 0 saturated carbocycles. The molecular formula is C10H2F14N2O2. The van der Waals surface area contributed by atoms with E-state index < -0.39 is 58.3 Å². The summed E-state index contributed by atoms with van der Waals surface area (Å²) in [6, 6.07) is 0. The number of halogens is 14. The van der Waals surface area contributed by atoms with E-state index >= 15 is 0 Å². The van der Waals surface area contributed by atoms with Gasteiger partial charge in [-0.05, 0) is 0 Å². The lowest BCUT2D eigenvalue weighted by Gasteiger charge is -2.35. The minimum absolute atomic E-state index is 0.499. The minimum Gasteiger partial charge on any atom is -0.268 e. The van der Waals surface area contributed by atoms with E-state index in [2.05, 4.69) is 0 Å². The normalized spacial score (nSPS) is 15.1. The maximum Gasteiger partial charge on any atom is 0.436 e. The SMILES string of the molecule is O=c1[nH][nH]c(=O)c(C(F)(C(F)(F)F)C(F)(F)F)c1C(F)(C(F)(F)F)C(F)(F)F. The number of hydrogen-bond donors (Lipinski definition) is 2. The molecule has 1 heterocycles. The summed E-state index contributed by atoms with van der Waals surface area (Å²) in [7, 11) is 0. The molecule has 1 aromatic heterocycles. The second-order valence-corrected chi connectivity index (χ2v) is 4.97. The Kier molecular flexibility index (Phi) is 5.17. The molecule has 0 radical (unpaired) electrons. The topological polar surface area (TPSA) is 65.7 Å². The van der Waals surface area contributed by atoms with Gasteiger partial charge in [-0.3, -0.25) is 19.8 Å². The third kappa shape index (κ3) is 3.11. The zero-order chi connectivity index (χ0) is 22.7. The Morgan fingerprint density at radius 3 is 0.750 bits per heavy atom. The van der Waals surface area contributed by atoms with Crippen LogP contribution in [0.1, 0.15) is 11.1 Å². The molecule has 0 fully saturated rings. The highest BCUT2D eigenvalue weighted by Crippen LogP contribution is 2.58. The van der Waals surface area contributed by atoms with Gasteiger partial charge in [-0.1, -0.05) is 0 Å². The van der Waals surface area contributed by atoms with Gasteiger partial charge in [0, 0.05) is 0 Å². The van der Waals surface area contributed by atoms with Gasteiger partial charge in [-0.15, -0.1) is 0 Å². The van der Waals surface area contributed by atoms with Crippen LogP contribution in [0, 0.1) is 0 Å². The first-order chi connectivity index (χ1) is 12.0. The van der Waals surface area contributed by atoms with Crippen LogP contribution in [-0.2, 0) is 11.3 Å². The highest BCUT2D eigenvalue weighted by atomic mass is 19.4. The molecule has 18 heteroatoms. The molecule has 1 rings (SSSR count). The van der Waals surface area contributed by atoms with Crippen LogP contribution >= 0.6 is 0 Å². The Bertz CT molecular complexity index is 753. The summed E-state index contributed by atoms with van der Waals surface area (Å²) in [5.41, 5.74) is -29.2. The van der Waals surface area contributed by atoms with Crippen molar-refractivity contribution in [2.24, 2.45) is 0 Å². The Hall–Kier alpha value is -2.30. The van der Waals surface area contributed by atoms with E-state index in [1.165, 1.54) is 0 Å². The van der Waals surface area contributed by atoms with Crippen LogP contribution in [-0.4, -0.2) is 34.9 Å². The van der Waals surface area contributed by atoms with Gasteiger partial charge in [0.2, 0.25) is 0 Å². The number of H-pyrrole nitrogens is 2. The first-order valence-electron chi connectivity index (χ1n) is 6.05. The van der Waals surface area contributed by atoms with Crippen molar-refractivity contribution in [2.75, 3.05) is 0 Å². The summed E-state index contributed by atoms with van der Waals surface area (Å²) < 4.78 is 181. The van der Waals surface area contributed by atoms with E-state index in [9.17, 15) is 71.1 Å². The smallest absolute Gasteiger partial charge is 0.268 e. The predicted molar refractivity (Wildman–Crippen MR) is 57.5 cm³/mol. The molecule has 162 valence electrons. The molecule has 0 aliphatic rings. The van der Waals surface area contributed by atoms with Crippen LogP contribution in [0.15, 0.2) is 9.59 Å². The van der Waals surface area contributed by atoms with Crippen LogP contribution in [0.5, 0.6) is 0 Å². The lowest BCUT2D eigenvalue weighted by molar-refractivity contribution is -0.360. The van der Waals surface area contributed by atoms with Crippen molar-refractivity contribution < 1.29 is 61.5 Å². The number of hydrogen-bond acceptors (Lipinski definition) is 2. The second-order valence-electron chi connectivity index (χ2n) is 4.97. The molecule has 2 N–H and O–H groups in total. The molecule has 0 unspecified atom stereocenters. The highest BCUT2D eigenvalue weighted by molar-refractivity contribution is 5.38. The summed E-state index contributed by atoms with van der Waals surface area (Å²) in [4.78, 5) is 22.5. The summed E-state index contributed by atoms with van der Waals surface area (Å²) >= 11 is 0. The van der Waals surface area contributed by atoms with E-state index in [1.807, 2.05) is 0 Å². The van der Waals surface area contributed by atoms with Crippen LogP contribution in [0.4, 0.5) is 61.5 Å². The van der Waals surface area contributed by atoms with Crippen LogP contribution in [0.3, 0.4) is 0 Å². The van der Waals surface area contributed by atoms with E-state index in [4.69, 9.17) is 0 Å².